The number of likely N-dealkylation sites (tertiary alicyclic amines) is 2. The summed E-state index contributed by atoms with van der Waals surface area (Å²) in [4.78, 5) is 26.8. The molecular weight excluding hydrogens is 360 g/mol. The molecule has 0 aliphatic carbocycles. The van der Waals surface area contributed by atoms with Crippen LogP contribution in [0.2, 0.25) is 0 Å². The maximum atomic E-state index is 11.9. The number of carbonyl (C=O) groups is 2. The van der Waals surface area contributed by atoms with Crippen molar-refractivity contribution < 1.29 is 24.9 Å². The maximum Gasteiger partial charge on any atom is 0.408 e. The van der Waals surface area contributed by atoms with E-state index < -0.39 is 29.7 Å². The van der Waals surface area contributed by atoms with Crippen LogP contribution in [0.15, 0.2) is 18.2 Å². The Kier molecular flexibility index (Phi) is 4.96. The van der Waals surface area contributed by atoms with Gasteiger partial charge in [0.25, 0.3) is 0 Å². The van der Waals surface area contributed by atoms with E-state index in [0.717, 1.165) is 4.90 Å². The molecule has 154 valence electrons. The van der Waals surface area contributed by atoms with Crippen LogP contribution >= 0.6 is 0 Å². The summed E-state index contributed by atoms with van der Waals surface area (Å²) in [6.07, 6.45) is -0.694. The number of hydrogen-bond acceptors (Lipinski definition) is 4. The fourth-order valence-electron chi connectivity index (χ4n) is 5.03. The van der Waals surface area contributed by atoms with Gasteiger partial charge in [0.05, 0.1) is 12.1 Å². The van der Waals surface area contributed by atoms with Crippen molar-refractivity contribution >= 4 is 12.1 Å². The number of aliphatic carboxylic acids is 1. The summed E-state index contributed by atoms with van der Waals surface area (Å²) in [7, 11) is 0. The van der Waals surface area contributed by atoms with E-state index >= 15 is 0 Å². The van der Waals surface area contributed by atoms with Gasteiger partial charge in [-0.15, -0.1) is 0 Å². The molecule has 7 heteroatoms. The standard InChI is InChI=1S/C21H30N2O5/c1-14-15(6-5-7-16(14)19(2,3)4)10-22-11-20(12-22)8-9-21(13-24,17(25)26)23(20)18(27)28/h5-7,24H,8-13H2,1-4H3,(H,25,26)(H,27,28). The summed E-state index contributed by atoms with van der Waals surface area (Å²) in [5, 5.41) is 29.0. The highest BCUT2D eigenvalue weighted by Crippen LogP contribution is 2.47. The monoisotopic (exact) mass is 390 g/mol. The molecule has 1 amide bonds. The smallest absolute Gasteiger partial charge is 0.408 e. The third-order valence-corrected chi connectivity index (χ3v) is 6.44. The average Bonchev–Trinajstić information content (AvgIpc) is 2.92. The number of rotatable bonds is 4. The summed E-state index contributed by atoms with van der Waals surface area (Å²) in [5.74, 6) is -1.28. The first-order valence-electron chi connectivity index (χ1n) is 9.66. The van der Waals surface area contributed by atoms with Crippen molar-refractivity contribution in [3.8, 4) is 0 Å². The van der Waals surface area contributed by atoms with E-state index in [4.69, 9.17) is 0 Å². The molecule has 3 rings (SSSR count). The molecule has 2 saturated heterocycles. The molecule has 2 aliphatic heterocycles. The second-order valence-electron chi connectivity index (χ2n) is 9.32. The molecule has 1 spiro atoms. The first kappa shape index (κ1) is 20.6. The summed E-state index contributed by atoms with van der Waals surface area (Å²) in [5.41, 5.74) is 1.31. The number of nitrogens with zero attached hydrogens (tertiary/aromatic N) is 2. The summed E-state index contributed by atoms with van der Waals surface area (Å²) in [6.45, 7) is 9.62. The number of carboxylic acids is 1. The fourth-order valence-corrected chi connectivity index (χ4v) is 5.03. The average molecular weight is 390 g/mol. The molecule has 0 radical (unpaired) electrons. The number of hydrogen-bond donors (Lipinski definition) is 3. The molecule has 1 aromatic rings. The minimum Gasteiger partial charge on any atom is -0.479 e. The third kappa shape index (κ3) is 3.06. The zero-order valence-corrected chi connectivity index (χ0v) is 17.0. The van der Waals surface area contributed by atoms with Crippen LogP contribution in [0.25, 0.3) is 0 Å². The van der Waals surface area contributed by atoms with Crippen molar-refractivity contribution in [1.29, 1.82) is 0 Å². The molecule has 3 N–H and O–H groups in total. The lowest BCUT2D eigenvalue weighted by Crippen LogP contribution is -2.73. The van der Waals surface area contributed by atoms with Gasteiger partial charge in [0.2, 0.25) is 0 Å². The normalized spacial score (nSPS) is 24.4. The number of aliphatic hydroxyl groups excluding tert-OH is 1. The van der Waals surface area contributed by atoms with E-state index in [0.29, 0.717) is 26.1 Å². The van der Waals surface area contributed by atoms with Gasteiger partial charge >= 0.3 is 12.1 Å². The van der Waals surface area contributed by atoms with Crippen LogP contribution in [0.4, 0.5) is 4.79 Å². The molecule has 1 atom stereocenters. The topological polar surface area (TPSA) is 101 Å². The third-order valence-electron chi connectivity index (χ3n) is 6.44. The molecule has 7 nitrogen and oxygen atoms in total. The lowest BCUT2D eigenvalue weighted by atomic mass is 9.82. The largest absolute Gasteiger partial charge is 0.479 e. The van der Waals surface area contributed by atoms with Gasteiger partial charge in [0, 0.05) is 19.6 Å². The van der Waals surface area contributed by atoms with Crippen LogP contribution in [-0.4, -0.2) is 68.0 Å². The van der Waals surface area contributed by atoms with Crippen LogP contribution in [0.5, 0.6) is 0 Å². The van der Waals surface area contributed by atoms with E-state index in [1.807, 2.05) is 0 Å². The van der Waals surface area contributed by atoms with Gasteiger partial charge in [0.1, 0.15) is 0 Å². The van der Waals surface area contributed by atoms with Gasteiger partial charge in [-0.3, -0.25) is 9.80 Å². The fraction of sp³-hybridized carbons (Fsp3) is 0.619. The van der Waals surface area contributed by atoms with E-state index in [1.54, 1.807) is 0 Å². The van der Waals surface area contributed by atoms with Gasteiger partial charge in [-0.1, -0.05) is 39.0 Å². The molecule has 2 aliphatic rings. The summed E-state index contributed by atoms with van der Waals surface area (Å²) in [6, 6.07) is 6.29. The second-order valence-corrected chi connectivity index (χ2v) is 9.32. The molecule has 1 unspecified atom stereocenters. The van der Waals surface area contributed by atoms with E-state index in [9.17, 15) is 24.9 Å². The summed E-state index contributed by atoms with van der Waals surface area (Å²) >= 11 is 0. The zero-order valence-electron chi connectivity index (χ0n) is 17.0. The van der Waals surface area contributed by atoms with Crippen molar-refractivity contribution in [3.05, 3.63) is 34.9 Å². The SMILES string of the molecule is Cc1c(CN2CC3(CCC(CO)(C(=O)O)N3C(=O)O)C2)cccc1C(C)(C)C. The van der Waals surface area contributed by atoms with Crippen LogP contribution in [-0.2, 0) is 16.8 Å². The minimum atomic E-state index is -1.74. The van der Waals surface area contributed by atoms with Gasteiger partial charge in [-0.05, 0) is 41.9 Å². The second kappa shape index (κ2) is 6.74. The van der Waals surface area contributed by atoms with Gasteiger partial charge < -0.3 is 15.3 Å². The Labute approximate surface area is 165 Å². The zero-order chi connectivity index (χ0) is 20.9. The Morgan fingerprint density at radius 3 is 2.29 bits per heavy atom. The Balaban J connectivity index is 1.79. The molecule has 0 aromatic heterocycles. The molecule has 1 aromatic carbocycles. The molecular formula is C21H30N2O5. The van der Waals surface area contributed by atoms with Gasteiger partial charge in [-0.2, -0.15) is 0 Å². The quantitative estimate of drug-likeness (QED) is 0.730. The number of aliphatic hydroxyl groups is 1. The lowest BCUT2D eigenvalue weighted by molar-refractivity contribution is -0.157. The molecule has 28 heavy (non-hydrogen) atoms. The Bertz CT molecular complexity index is 794. The minimum absolute atomic E-state index is 0.0457. The van der Waals surface area contributed by atoms with Crippen molar-refractivity contribution in [3.63, 3.8) is 0 Å². The first-order chi connectivity index (χ1) is 13.0. The van der Waals surface area contributed by atoms with Crippen molar-refractivity contribution in [2.75, 3.05) is 19.7 Å². The van der Waals surface area contributed by atoms with Crippen LogP contribution in [0.1, 0.15) is 50.3 Å². The van der Waals surface area contributed by atoms with Crippen LogP contribution in [0, 0.1) is 6.92 Å². The highest BCUT2D eigenvalue weighted by Gasteiger charge is 2.65. The number of benzene rings is 1. The number of carboxylic acid groups (broad SMARTS) is 2. The highest BCUT2D eigenvalue weighted by atomic mass is 16.4. The molecule has 0 bridgehead atoms. The Hall–Kier alpha value is -2.12. The van der Waals surface area contributed by atoms with Crippen LogP contribution in [0.3, 0.4) is 0 Å². The van der Waals surface area contributed by atoms with Crippen molar-refractivity contribution in [1.82, 2.24) is 9.80 Å². The van der Waals surface area contributed by atoms with Crippen molar-refractivity contribution in [2.24, 2.45) is 0 Å². The van der Waals surface area contributed by atoms with Crippen molar-refractivity contribution in [2.45, 2.75) is 63.6 Å². The van der Waals surface area contributed by atoms with E-state index in [-0.39, 0.29) is 11.8 Å². The van der Waals surface area contributed by atoms with E-state index in [2.05, 4.69) is 50.8 Å². The predicted octanol–water partition coefficient (Wildman–Crippen LogP) is 2.44. The Morgan fingerprint density at radius 2 is 1.79 bits per heavy atom. The summed E-state index contributed by atoms with van der Waals surface area (Å²) < 4.78 is 0. The predicted molar refractivity (Wildman–Crippen MR) is 104 cm³/mol. The van der Waals surface area contributed by atoms with Gasteiger partial charge in [0.15, 0.2) is 5.54 Å². The number of amides is 1. The molecule has 0 saturated carbocycles. The maximum absolute atomic E-state index is 11.9. The molecule has 2 fully saturated rings. The molecule has 2 heterocycles. The Morgan fingerprint density at radius 1 is 1.14 bits per heavy atom. The first-order valence-corrected chi connectivity index (χ1v) is 9.66. The van der Waals surface area contributed by atoms with Crippen LogP contribution < -0.4 is 0 Å². The lowest BCUT2D eigenvalue weighted by Gasteiger charge is -2.54. The van der Waals surface area contributed by atoms with Gasteiger partial charge in [-0.25, -0.2) is 9.59 Å². The van der Waals surface area contributed by atoms with E-state index in [1.165, 1.54) is 16.7 Å². The highest BCUT2D eigenvalue weighted by molar-refractivity contribution is 5.85.